The lowest BCUT2D eigenvalue weighted by Crippen LogP contribution is -1.91. The Labute approximate surface area is 778 Å². The Morgan fingerprint density at radius 3 is 0.324 bits per heavy atom. The number of carboxylic acids is 6. The van der Waals surface area contributed by atoms with E-state index >= 15 is 0 Å². The van der Waals surface area contributed by atoms with Crippen LogP contribution in [0.3, 0.4) is 0 Å². The van der Waals surface area contributed by atoms with Crippen LogP contribution >= 0.6 is 0 Å². The van der Waals surface area contributed by atoms with Crippen molar-refractivity contribution in [3.8, 4) is 0 Å². The van der Waals surface area contributed by atoms with E-state index < -0.39 is 35.8 Å². The summed E-state index contributed by atoms with van der Waals surface area (Å²) in [5.74, 6) is -7.54. The number of hydrogen-bond donors (Lipinski definition) is 6. The summed E-state index contributed by atoms with van der Waals surface area (Å²) >= 11 is 0. The van der Waals surface area contributed by atoms with Crippen molar-refractivity contribution in [3.63, 3.8) is 0 Å². The van der Waals surface area contributed by atoms with Gasteiger partial charge in [-0.2, -0.15) is 0 Å². The predicted molar refractivity (Wildman–Crippen MR) is 547 cm³/mol. The van der Waals surface area contributed by atoms with Gasteiger partial charge in [-0.05, 0) is 91.6 Å². The van der Waals surface area contributed by atoms with Gasteiger partial charge in [0.05, 0.1) is 44.1 Å². The molecule has 0 bridgehead atoms. The summed E-state index contributed by atoms with van der Waals surface area (Å²) in [4.78, 5) is 92.6. The number of nitrogens with zero attached hydrogens (tertiary/aromatic N) is 8. The molecular formula is C116H84N8O12. The fourth-order valence-electron chi connectivity index (χ4n) is 14.9. The molecule has 0 aliphatic heterocycles. The topological polar surface area (TPSA) is 327 Å². The third-order valence-corrected chi connectivity index (χ3v) is 21.1. The highest BCUT2D eigenvalue weighted by atomic mass is 16.4. The molecule has 0 aliphatic carbocycles. The minimum atomic E-state index is -1.26. The minimum Gasteiger partial charge on any atom is -0.478 e. The van der Waals surface area contributed by atoms with Crippen molar-refractivity contribution in [2.45, 2.75) is 0 Å². The van der Waals surface area contributed by atoms with Gasteiger partial charge in [0, 0.05) is 172 Å². The van der Waals surface area contributed by atoms with Gasteiger partial charge in [-0.3, -0.25) is 39.9 Å². The van der Waals surface area contributed by atoms with Crippen LogP contribution in [-0.2, 0) is 28.8 Å². The van der Waals surface area contributed by atoms with E-state index in [1.54, 1.807) is 0 Å². The lowest BCUT2D eigenvalue weighted by Gasteiger charge is -2.01. The molecule has 0 amide bonds. The predicted octanol–water partition coefficient (Wildman–Crippen LogP) is 26.2. The summed E-state index contributed by atoms with van der Waals surface area (Å²) in [6.45, 7) is 0. The maximum absolute atomic E-state index is 9.55. The summed E-state index contributed by atoms with van der Waals surface area (Å²) in [5, 5.41) is 76.5. The zero-order valence-electron chi connectivity index (χ0n) is 72.7. The second kappa shape index (κ2) is 46.8. The smallest absolute Gasteiger partial charge is 0.328 e. The molecule has 20 nitrogen and oxygen atoms in total. The Morgan fingerprint density at radius 2 is 0.221 bits per heavy atom. The lowest BCUT2D eigenvalue weighted by atomic mass is 10.1. The largest absolute Gasteiger partial charge is 0.478 e. The Bertz CT molecular complexity index is 6630. The van der Waals surface area contributed by atoms with Crippen molar-refractivity contribution in [1.82, 2.24) is 39.9 Å². The van der Waals surface area contributed by atoms with Crippen LogP contribution in [0.4, 0.5) is 0 Å². The van der Waals surface area contributed by atoms with Gasteiger partial charge in [-0.15, -0.1) is 0 Å². The van der Waals surface area contributed by atoms with E-state index in [2.05, 4.69) is 283 Å². The van der Waals surface area contributed by atoms with Crippen LogP contribution in [0.1, 0.15) is 0 Å². The standard InChI is InChI=1S/8C13H9N.3C4H4O4/c8*1-2-6-11-10(5-1)9-14-13-8-4-3-7-12(11)13;3*5-3(6)1-2-4(7)8/h8*1-9H;3*1-2H,(H,5,6)(H,7,8)/b;;;;;;;;3*2-1+. The van der Waals surface area contributed by atoms with Crippen LogP contribution < -0.4 is 0 Å². The SMILES string of the molecule is O=C(O)/C=C/C(=O)O.O=C(O)/C=C/C(=O)O.O=C(O)/C=C/C(=O)O.c1ccc2c(c1)cnc1ccccc12.c1ccc2c(c1)cnc1ccccc12.c1ccc2c(c1)cnc1ccccc12.c1ccc2c(c1)cnc1ccccc12.c1ccc2c(c1)cnc1ccccc12.c1ccc2c(c1)cnc1ccccc12.c1ccc2c(c1)cnc1ccccc12.c1ccc2c(c1)cnc1ccccc12. The Morgan fingerprint density at radius 1 is 0.132 bits per heavy atom. The number of carboxylic acid groups (broad SMARTS) is 6. The molecule has 0 radical (unpaired) electrons. The molecule has 136 heavy (non-hydrogen) atoms. The molecule has 20 heteroatoms. The van der Waals surface area contributed by atoms with Crippen LogP contribution in [0.25, 0.3) is 173 Å². The van der Waals surface area contributed by atoms with Gasteiger partial charge in [-0.25, -0.2) is 28.8 Å². The zero-order valence-corrected chi connectivity index (χ0v) is 72.7. The number of carbonyl (C=O) groups is 6. The van der Waals surface area contributed by atoms with Crippen molar-refractivity contribution in [3.05, 3.63) is 474 Å². The van der Waals surface area contributed by atoms with Crippen LogP contribution in [0, 0.1) is 0 Å². The van der Waals surface area contributed by atoms with Crippen LogP contribution in [0.5, 0.6) is 0 Å². The van der Waals surface area contributed by atoms with E-state index in [1.165, 1.54) is 129 Å². The molecular weight excluding hydrogens is 1700 g/mol. The quantitative estimate of drug-likeness (QED) is 0.0665. The van der Waals surface area contributed by atoms with Crippen molar-refractivity contribution in [2.24, 2.45) is 0 Å². The molecule has 6 N–H and O–H groups in total. The van der Waals surface area contributed by atoms with Gasteiger partial charge in [0.25, 0.3) is 0 Å². The molecule has 0 spiro atoms. The first kappa shape index (κ1) is 93.1. The van der Waals surface area contributed by atoms with Gasteiger partial charge in [-0.1, -0.05) is 340 Å². The molecule has 8 aromatic heterocycles. The van der Waals surface area contributed by atoms with Gasteiger partial charge in [0.2, 0.25) is 0 Å². The number of para-hydroxylation sites is 8. The van der Waals surface area contributed by atoms with Gasteiger partial charge >= 0.3 is 35.8 Å². The molecule has 8 heterocycles. The van der Waals surface area contributed by atoms with E-state index in [4.69, 9.17) is 30.6 Å². The van der Waals surface area contributed by atoms with Gasteiger partial charge in [0.15, 0.2) is 0 Å². The summed E-state index contributed by atoms with van der Waals surface area (Å²) in [7, 11) is 0. The van der Waals surface area contributed by atoms with Crippen molar-refractivity contribution >= 4 is 209 Å². The first-order chi connectivity index (χ1) is 66.5. The number of benzene rings is 16. The normalized spacial score (nSPS) is 10.6. The molecule has 24 rings (SSSR count). The van der Waals surface area contributed by atoms with Crippen molar-refractivity contribution in [1.29, 1.82) is 0 Å². The average molecular weight is 1780 g/mol. The third-order valence-electron chi connectivity index (χ3n) is 21.1. The molecule has 0 fully saturated rings. The Hall–Kier alpha value is -19.1. The minimum absolute atomic E-state index is 0.558. The second-order valence-corrected chi connectivity index (χ2v) is 29.9. The number of fused-ring (bicyclic) bond motifs is 24. The number of rotatable bonds is 6. The van der Waals surface area contributed by atoms with Crippen LogP contribution in [0.2, 0.25) is 0 Å². The maximum atomic E-state index is 9.55. The molecule has 0 saturated heterocycles. The van der Waals surface area contributed by atoms with E-state index in [0.29, 0.717) is 36.5 Å². The molecule has 0 saturated carbocycles. The third kappa shape index (κ3) is 25.1. The lowest BCUT2D eigenvalue weighted by molar-refractivity contribution is -0.134. The van der Waals surface area contributed by atoms with Crippen LogP contribution in [0.15, 0.2) is 474 Å². The second-order valence-electron chi connectivity index (χ2n) is 29.9. The summed E-state index contributed by atoms with van der Waals surface area (Å²) in [5.41, 5.74) is 8.49. The number of pyridine rings is 8. The Balaban J connectivity index is 0.000000121. The summed E-state index contributed by atoms with van der Waals surface area (Å²) in [6, 6.07) is 133. The van der Waals surface area contributed by atoms with E-state index in [-0.39, 0.29) is 0 Å². The highest BCUT2D eigenvalue weighted by Crippen LogP contribution is 2.31. The summed E-state index contributed by atoms with van der Waals surface area (Å²) < 4.78 is 0. The highest BCUT2D eigenvalue weighted by molar-refractivity contribution is 6.12. The molecule has 0 atom stereocenters. The van der Waals surface area contributed by atoms with Crippen molar-refractivity contribution < 1.29 is 59.4 Å². The number of aromatic nitrogens is 8. The number of aliphatic carboxylic acids is 6. The van der Waals surface area contributed by atoms with Crippen LogP contribution in [-0.4, -0.2) is 106 Å². The highest BCUT2D eigenvalue weighted by Gasteiger charge is 2.08. The average Bonchev–Trinajstić information content (AvgIpc) is 0.842. The van der Waals surface area contributed by atoms with E-state index in [0.717, 1.165) is 44.1 Å². The summed E-state index contributed by atoms with van der Waals surface area (Å²) in [6.07, 6.45) is 18.8. The van der Waals surface area contributed by atoms with Gasteiger partial charge in [0.1, 0.15) is 0 Å². The zero-order chi connectivity index (χ0) is 94.8. The fraction of sp³-hybridized carbons (Fsp3) is 0. The van der Waals surface area contributed by atoms with Crippen molar-refractivity contribution in [2.75, 3.05) is 0 Å². The van der Waals surface area contributed by atoms with E-state index in [9.17, 15) is 28.8 Å². The maximum Gasteiger partial charge on any atom is 0.328 e. The molecule has 16 aromatic carbocycles. The fourth-order valence-corrected chi connectivity index (χ4v) is 14.9. The first-order valence-electron chi connectivity index (χ1n) is 42.7. The monoisotopic (exact) mass is 1780 g/mol. The molecule has 24 aromatic rings. The first-order valence-corrected chi connectivity index (χ1v) is 42.7. The van der Waals surface area contributed by atoms with E-state index in [1.807, 2.05) is 195 Å². The molecule has 0 aliphatic rings. The molecule has 0 unspecified atom stereocenters. The number of hydrogen-bond acceptors (Lipinski definition) is 14. The molecule has 660 valence electrons. The Kier molecular flexibility index (Phi) is 32.0. The van der Waals surface area contributed by atoms with Gasteiger partial charge < -0.3 is 30.6 Å².